The van der Waals surface area contributed by atoms with Crippen LogP contribution in [0.3, 0.4) is 0 Å². The first-order valence-electron chi connectivity index (χ1n) is 18.0. The highest BCUT2D eigenvalue weighted by atomic mass is 35.5. The van der Waals surface area contributed by atoms with Crippen molar-refractivity contribution in [3.63, 3.8) is 0 Å². The predicted molar refractivity (Wildman–Crippen MR) is 197 cm³/mol. The van der Waals surface area contributed by atoms with Crippen LogP contribution in [0.2, 0.25) is 10.0 Å². The molecule has 3 aliphatic heterocycles. The molecular weight excluding hydrogens is 762 g/mol. The fraction of sp³-hybridized carbons (Fsp3) is 0.375. The first kappa shape index (κ1) is 38.6. The molecule has 1 saturated carbocycles. The lowest BCUT2D eigenvalue weighted by molar-refractivity contribution is -0.605. The second-order valence-corrected chi connectivity index (χ2v) is 14.8. The first-order valence-corrected chi connectivity index (χ1v) is 18.8. The molecule has 8 rings (SSSR count). The van der Waals surface area contributed by atoms with Gasteiger partial charge in [-0.2, -0.15) is 13.5 Å². The maximum Gasteiger partial charge on any atom is 0.387 e. The van der Waals surface area contributed by atoms with Crippen LogP contribution in [0.15, 0.2) is 79.1 Å². The number of piperidine rings is 3. The van der Waals surface area contributed by atoms with Gasteiger partial charge in [0.15, 0.2) is 29.9 Å². The highest BCUT2D eigenvalue weighted by molar-refractivity contribution is 6.35. The molecule has 1 N–H and O–H groups in total. The van der Waals surface area contributed by atoms with E-state index in [1.165, 1.54) is 48.5 Å². The van der Waals surface area contributed by atoms with Gasteiger partial charge in [0.2, 0.25) is 0 Å². The quantitative estimate of drug-likeness (QED) is 0.0725. The number of aromatic nitrogens is 1. The Morgan fingerprint density at radius 3 is 2.36 bits per heavy atom. The summed E-state index contributed by atoms with van der Waals surface area (Å²) in [5.41, 5.74) is 1.10. The Bertz CT molecular complexity index is 2010. The van der Waals surface area contributed by atoms with Crippen LogP contribution in [0.4, 0.5) is 18.9 Å². The number of pyridine rings is 1. The molecule has 290 valence electrons. The van der Waals surface area contributed by atoms with Crippen molar-refractivity contribution in [2.75, 3.05) is 31.6 Å². The monoisotopic (exact) mass is 799 g/mol. The van der Waals surface area contributed by atoms with E-state index >= 15 is 4.39 Å². The van der Waals surface area contributed by atoms with Crippen LogP contribution >= 0.6 is 23.2 Å². The third-order valence-electron chi connectivity index (χ3n) is 10.1. The van der Waals surface area contributed by atoms with E-state index in [9.17, 15) is 23.6 Å². The number of benzene rings is 3. The van der Waals surface area contributed by atoms with E-state index in [0.29, 0.717) is 34.0 Å². The number of hydrogen-bond acceptors (Lipinski definition) is 9. The Kier molecular flexibility index (Phi) is 11.9. The summed E-state index contributed by atoms with van der Waals surface area (Å²) in [5, 5.41) is 15.1. The fourth-order valence-electron chi connectivity index (χ4n) is 7.00. The zero-order valence-corrected chi connectivity index (χ0v) is 31.0. The summed E-state index contributed by atoms with van der Waals surface area (Å²) in [6.07, 6.45) is 4.41. The molecule has 3 aromatic carbocycles. The number of rotatable bonds is 15. The lowest BCUT2D eigenvalue weighted by Gasteiger charge is -2.44. The number of hydrogen-bond donors (Lipinski definition) is 1. The van der Waals surface area contributed by atoms with Crippen LogP contribution in [0.5, 0.6) is 11.5 Å². The zero-order chi connectivity index (χ0) is 38.6. The number of ether oxygens (including phenoxy) is 4. The average Bonchev–Trinajstić information content (AvgIpc) is 4.00. The van der Waals surface area contributed by atoms with Gasteiger partial charge in [0.1, 0.15) is 28.1 Å². The minimum atomic E-state index is -3.11. The normalized spacial score (nSPS) is 20.1. The lowest BCUT2D eigenvalue weighted by Crippen LogP contribution is -2.52. The van der Waals surface area contributed by atoms with Crippen molar-refractivity contribution < 1.29 is 46.4 Å². The number of nitrogens with one attached hydrogen (secondary N) is 1. The van der Waals surface area contributed by atoms with Gasteiger partial charge in [-0.3, -0.25) is 4.90 Å². The third-order valence-corrected chi connectivity index (χ3v) is 10.8. The van der Waals surface area contributed by atoms with Gasteiger partial charge in [-0.1, -0.05) is 53.5 Å². The second kappa shape index (κ2) is 17.0. The Balaban J connectivity index is 1.15. The zero-order valence-electron chi connectivity index (χ0n) is 29.5. The number of carbonyl (C=O) groups excluding carboxylic acids is 2. The van der Waals surface area contributed by atoms with Gasteiger partial charge < -0.3 is 29.5 Å². The molecule has 1 aliphatic carbocycles. The summed E-state index contributed by atoms with van der Waals surface area (Å²) >= 11 is 12.8. The van der Waals surface area contributed by atoms with Crippen LogP contribution in [0.1, 0.15) is 64.9 Å². The number of anilines is 1. The van der Waals surface area contributed by atoms with E-state index in [1.54, 1.807) is 18.2 Å². The maximum atomic E-state index is 15.2. The number of nitrogens with zero attached hydrogens (tertiary/aromatic N) is 2. The van der Waals surface area contributed by atoms with E-state index in [2.05, 4.69) is 10.2 Å². The molecule has 4 heterocycles. The molecule has 3 saturated heterocycles. The summed E-state index contributed by atoms with van der Waals surface area (Å²) in [7, 11) is 0. The average molecular weight is 801 g/mol. The lowest BCUT2D eigenvalue weighted by atomic mass is 9.86. The molecule has 0 spiro atoms. The van der Waals surface area contributed by atoms with E-state index in [-0.39, 0.29) is 57.7 Å². The van der Waals surface area contributed by atoms with Crippen molar-refractivity contribution in [1.29, 1.82) is 0 Å². The largest absolute Gasteiger partial charge is 0.619 e. The minimum Gasteiger partial charge on any atom is -0.619 e. The van der Waals surface area contributed by atoms with Crippen LogP contribution < -0.4 is 19.5 Å². The smallest absolute Gasteiger partial charge is 0.387 e. The standard InChI is InChI=1S/C40H38Cl2F3N3O7/c41-30-19-48(51)20-31(42)29(30)18-34(25-10-11-33(55-40(44)45)35(17-25)52-22-23-8-9-23)53-38(49)26-4-3-5-27(16-26)46-37(28-6-1-2-7-32(28)43)39(50)54-36-21-47-14-12-24(36)13-15-47/h1-7,10-11,16-17,19-20,23-24,34,36-37,40,46H,8-9,12-15,18,21-22H2/t34-,36-,37?/m0/s1. The SMILES string of the molecule is O=C(O[C@@H](Cc1c(Cl)c[n+]([O-])cc1Cl)c1ccc(OC(F)F)c(OCC2CC2)c1)c1cccc(NC(C(=O)O[C@H]2CN3CCC2CC3)c2ccccc2F)c1. The summed E-state index contributed by atoms with van der Waals surface area (Å²) in [6, 6.07) is 15.0. The molecular formula is C40H38Cl2F3N3O7. The highest BCUT2D eigenvalue weighted by Crippen LogP contribution is 2.38. The van der Waals surface area contributed by atoms with Gasteiger partial charge in [0.25, 0.3) is 0 Å². The second-order valence-electron chi connectivity index (χ2n) is 14.0. The molecule has 0 amide bonds. The molecule has 4 fully saturated rings. The van der Waals surface area contributed by atoms with Gasteiger partial charge in [-0.05, 0) is 92.6 Å². The van der Waals surface area contributed by atoms with E-state index in [4.69, 9.17) is 42.1 Å². The summed E-state index contributed by atoms with van der Waals surface area (Å²) in [4.78, 5) is 29.9. The molecule has 1 aromatic heterocycles. The molecule has 15 heteroatoms. The molecule has 4 aromatic rings. The summed E-state index contributed by atoms with van der Waals surface area (Å²) in [6.45, 7) is -0.290. The maximum absolute atomic E-state index is 15.2. The minimum absolute atomic E-state index is 0.0157. The number of carbonyl (C=O) groups is 2. The summed E-state index contributed by atoms with van der Waals surface area (Å²) in [5.74, 6) is -1.69. The number of esters is 2. The van der Waals surface area contributed by atoms with Crippen LogP contribution in [0.25, 0.3) is 0 Å². The van der Waals surface area contributed by atoms with Crippen molar-refractivity contribution in [2.24, 2.45) is 11.8 Å². The van der Waals surface area contributed by atoms with E-state index in [0.717, 1.165) is 51.2 Å². The first-order chi connectivity index (χ1) is 26.5. The van der Waals surface area contributed by atoms with Gasteiger partial charge in [-0.15, -0.1) is 0 Å². The Morgan fingerprint density at radius 1 is 0.945 bits per heavy atom. The fourth-order valence-corrected chi connectivity index (χ4v) is 7.59. The van der Waals surface area contributed by atoms with Crippen molar-refractivity contribution in [3.05, 3.63) is 122 Å². The van der Waals surface area contributed by atoms with Crippen molar-refractivity contribution in [2.45, 2.75) is 57.0 Å². The van der Waals surface area contributed by atoms with Gasteiger partial charge in [0.05, 0.1) is 12.2 Å². The number of halogens is 5. The van der Waals surface area contributed by atoms with Gasteiger partial charge in [-0.25, -0.2) is 14.0 Å². The Hall–Kier alpha value is -4.72. The Morgan fingerprint density at radius 2 is 1.69 bits per heavy atom. The molecule has 3 atom stereocenters. The topological polar surface area (TPSA) is 113 Å². The molecule has 55 heavy (non-hydrogen) atoms. The van der Waals surface area contributed by atoms with Gasteiger partial charge >= 0.3 is 18.6 Å². The van der Waals surface area contributed by atoms with E-state index in [1.807, 2.05) is 0 Å². The van der Waals surface area contributed by atoms with E-state index < -0.39 is 36.5 Å². The number of alkyl halides is 2. The van der Waals surface area contributed by atoms with Crippen molar-refractivity contribution in [1.82, 2.24) is 4.90 Å². The van der Waals surface area contributed by atoms with Crippen LogP contribution in [-0.4, -0.2) is 55.8 Å². The summed E-state index contributed by atoms with van der Waals surface area (Å²) < 4.78 is 64.8. The molecule has 10 nitrogen and oxygen atoms in total. The highest BCUT2D eigenvalue weighted by Gasteiger charge is 2.38. The van der Waals surface area contributed by atoms with Gasteiger partial charge in [0, 0.05) is 29.8 Å². The van der Waals surface area contributed by atoms with Crippen LogP contribution in [-0.2, 0) is 20.7 Å². The number of fused-ring (bicyclic) bond motifs is 3. The molecule has 0 radical (unpaired) electrons. The Labute approximate surface area is 325 Å². The molecule has 2 bridgehead atoms. The predicted octanol–water partition coefficient (Wildman–Crippen LogP) is 8.09. The van der Waals surface area contributed by atoms with Crippen LogP contribution in [0, 0.1) is 22.9 Å². The molecule has 1 unspecified atom stereocenters. The molecule has 4 aliphatic rings. The third kappa shape index (κ3) is 9.57. The van der Waals surface area contributed by atoms with Crippen molar-refractivity contribution in [3.8, 4) is 11.5 Å². The van der Waals surface area contributed by atoms with Crippen molar-refractivity contribution >= 4 is 40.8 Å².